The van der Waals surface area contributed by atoms with Crippen molar-refractivity contribution < 1.29 is 19.2 Å². The van der Waals surface area contributed by atoms with Crippen molar-refractivity contribution in [1.29, 1.82) is 0 Å². The van der Waals surface area contributed by atoms with Gasteiger partial charge in [0.25, 0.3) is 0 Å². The molecule has 2 aromatic rings. The molecule has 0 aliphatic rings. The Morgan fingerprint density at radius 1 is 1.31 bits per heavy atom. The molecule has 0 aromatic heterocycles. The number of amides is 1. The van der Waals surface area contributed by atoms with E-state index in [2.05, 4.69) is 10.5 Å². The summed E-state index contributed by atoms with van der Waals surface area (Å²) >= 11 is 5.81. The zero-order valence-electron chi connectivity index (χ0n) is 16.2. The molecule has 0 saturated carbocycles. The number of carbonyl (C=O) groups is 1. The van der Waals surface area contributed by atoms with Crippen LogP contribution in [0.2, 0.25) is 5.02 Å². The van der Waals surface area contributed by atoms with Crippen molar-refractivity contribution in [2.45, 2.75) is 26.2 Å². The lowest BCUT2D eigenvalue weighted by Gasteiger charge is -2.11. The standard InChI is InChI=1S/C20H22ClN3O5/c1-3-4-9-29-20-17(24(26)27)10-15(11-18(20)28-2)13-22-23-19(25)12-14-5-7-16(21)8-6-14/h5-8,10-11,13H,3-4,9,12H2,1-2H3,(H,23,25)/b22-13-. The number of rotatable bonds is 10. The molecular weight excluding hydrogens is 398 g/mol. The molecule has 0 atom stereocenters. The molecule has 8 nitrogen and oxygen atoms in total. The van der Waals surface area contributed by atoms with Crippen LogP contribution >= 0.6 is 11.6 Å². The molecule has 0 spiro atoms. The largest absolute Gasteiger partial charge is 0.493 e. The van der Waals surface area contributed by atoms with Crippen molar-refractivity contribution in [3.05, 3.63) is 62.7 Å². The number of ether oxygens (including phenoxy) is 2. The van der Waals surface area contributed by atoms with Crippen LogP contribution in [0.3, 0.4) is 0 Å². The van der Waals surface area contributed by atoms with Crippen LogP contribution in [0.1, 0.15) is 30.9 Å². The Balaban J connectivity index is 2.10. The number of nitrogens with zero attached hydrogens (tertiary/aromatic N) is 2. The van der Waals surface area contributed by atoms with Gasteiger partial charge in [-0.2, -0.15) is 5.10 Å². The highest BCUT2D eigenvalue weighted by Crippen LogP contribution is 2.38. The fourth-order valence-electron chi connectivity index (χ4n) is 2.44. The number of nitro benzene ring substituents is 1. The number of nitrogens with one attached hydrogen (secondary N) is 1. The van der Waals surface area contributed by atoms with E-state index in [1.165, 1.54) is 19.4 Å². The van der Waals surface area contributed by atoms with Crippen molar-refractivity contribution in [2.24, 2.45) is 5.10 Å². The Kier molecular flexibility index (Phi) is 8.42. The topological polar surface area (TPSA) is 103 Å². The molecule has 1 amide bonds. The van der Waals surface area contributed by atoms with E-state index in [1.54, 1.807) is 30.3 Å². The van der Waals surface area contributed by atoms with Gasteiger partial charge in [0.1, 0.15) is 0 Å². The van der Waals surface area contributed by atoms with Crippen LogP contribution in [0, 0.1) is 10.1 Å². The molecule has 2 rings (SSSR count). The molecule has 154 valence electrons. The number of hydrogen-bond donors (Lipinski definition) is 1. The molecule has 2 aromatic carbocycles. The normalized spacial score (nSPS) is 10.7. The predicted molar refractivity (Wildman–Crippen MR) is 111 cm³/mol. The molecule has 1 N–H and O–H groups in total. The third kappa shape index (κ3) is 6.76. The van der Waals surface area contributed by atoms with Crippen LogP contribution in [0.25, 0.3) is 0 Å². The predicted octanol–water partition coefficient (Wildman–Crippen LogP) is 4.13. The first-order valence-electron chi connectivity index (χ1n) is 9.00. The Morgan fingerprint density at radius 3 is 2.66 bits per heavy atom. The third-order valence-electron chi connectivity index (χ3n) is 3.90. The van der Waals surface area contributed by atoms with Crippen molar-refractivity contribution in [2.75, 3.05) is 13.7 Å². The van der Waals surface area contributed by atoms with Gasteiger partial charge in [-0.3, -0.25) is 14.9 Å². The highest BCUT2D eigenvalue weighted by molar-refractivity contribution is 6.30. The van der Waals surface area contributed by atoms with Gasteiger partial charge in [-0.15, -0.1) is 0 Å². The maximum absolute atomic E-state index is 12.0. The molecule has 29 heavy (non-hydrogen) atoms. The number of unbranched alkanes of at least 4 members (excludes halogenated alkanes) is 1. The molecule has 0 heterocycles. The van der Waals surface area contributed by atoms with Crippen molar-refractivity contribution in [3.8, 4) is 11.5 Å². The number of halogens is 1. The van der Waals surface area contributed by atoms with E-state index in [4.69, 9.17) is 21.1 Å². The molecular formula is C20H22ClN3O5. The SMILES string of the molecule is CCCCOc1c(OC)cc(/C=N\NC(=O)Cc2ccc(Cl)cc2)cc1[N+](=O)[O-]. The molecule has 0 bridgehead atoms. The fraction of sp³-hybridized carbons (Fsp3) is 0.300. The summed E-state index contributed by atoms with van der Waals surface area (Å²) in [7, 11) is 1.40. The first-order valence-corrected chi connectivity index (χ1v) is 9.38. The van der Waals surface area contributed by atoms with Gasteiger partial charge >= 0.3 is 5.69 Å². The van der Waals surface area contributed by atoms with E-state index in [-0.39, 0.29) is 29.5 Å². The van der Waals surface area contributed by atoms with Crippen LogP contribution in [0.15, 0.2) is 41.5 Å². The molecule has 0 fully saturated rings. The minimum atomic E-state index is -0.541. The van der Waals surface area contributed by atoms with Crippen molar-refractivity contribution in [3.63, 3.8) is 0 Å². The van der Waals surface area contributed by atoms with Crippen LogP contribution < -0.4 is 14.9 Å². The minimum absolute atomic E-state index is 0.0786. The fourth-order valence-corrected chi connectivity index (χ4v) is 2.57. The highest BCUT2D eigenvalue weighted by atomic mass is 35.5. The molecule has 9 heteroatoms. The van der Waals surface area contributed by atoms with Crippen LogP contribution in [-0.4, -0.2) is 30.8 Å². The van der Waals surface area contributed by atoms with Gasteiger partial charge in [-0.25, -0.2) is 5.43 Å². The quantitative estimate of drug-likeness (QED) is 0.270. The summed E-state index contributed by atoms with van der Waals surface area (Å²) in [5.74, 6) is -0.0244. The molecule has 0 aliphatic heterocycles. The highest BCUT2D eigenvalue weighted by Gasteiger charge is 2.22. The van der Waals surface area contributed by atoms with Crippen LogP contribution in [0.4, 0.5) is 5.69 Å². The summed E-state index contributed by atoms with van der Waals surface area (Å²) < 4.78 is 10.8. The van der Waals surface area contributed by atoms with E-state index in [9.17, 15) is 14.9 Å². The second kappa shape index (κ2) is 11.0. The summed E-state index contributed by atoms with van der Waals surface area (Å²) in [6.45, 7) is 2.34. The minimum Gasteiger partial charge on any atom is -0.493 e. The average Bonchev–Trinajstić information content (AvgIpc) is 2.70. The summed E-state index contributed by atoms with van der Waals surface area (Å²) in [4.78, 5) is 22.9. The lowest BCUT2D eigenvalue weighted by molar-refractivity contribution is -0.386. The first-order chi connectivity index (χ1) is 13.9. The molecule has 0 aliphatic carbocycles. The maximum atomic E-state index is 12.0. The lowest BCUT2D eigenvalue weighted by atomic mass is 10.1. The van der Waals surface area contributed by atoms with Gasteiger partial charge in [-0.1, -0.05) is 37.1 Å². The van der Waals surface area contributed by atoms with Crippen LogP contribution in [-0.2, 0) is 11.2 Å². The van der Waals surface area contributed by atoms with Crippen LogP contribution in [0.5, 0.6) is 11.5 Å². The summed E-state index contributed by atoms with van der Waals surface area (Å²) in [5, 5.41) is 15.9. The molecule has 0 unspecified atom stereocenters. The Bertz CT molecular complexity index is 884. The summed E-state index contributed by atoms with van der Waals surface area (Å²) in [6, 6.07) is 9.77. The summed E-state index contributed by atoms with van der Waals surface area (Å²) in [6.07, 6.45) is 3.10. The Morgan fingerprint density at radius 2 is 2.03 bits per heavy atom. The van der Waals surface area contributed by atoms with E-state index in [0.29, 0.717) is 17.2 Å². The Labute approximate surface area is 173 Å². The molecule has 0 saturated heterocycles. The van der Waals surface area contributed by atoms with Gasteiger partial charge in [0, 0.05) is 16.7 Å². The number of benzene rings is 2. The molecule has 0 radical (unpaired) electrons. The van der Waals surface area contributed by atoms with Gasteiger partial charge in [0.2, 0.25) is 11.7 Å². The number of hydrazone groups is 1. The maximum Gasteiger partial charge on any atom is 0.315 e. The number of hydrogen-bond acceptors (Lipinski definition) is 6. The van der Waals surface area contributed by atoms with Crippen molar-refractivity contribution >= 4 is 29.4 Å². The van der Waals surface area contributed by atoms with Gasteiger partial charge in [0.05, 0.1) is 31.3 Å². The zero-order valence-corrected chi connectivity index (χ0v) is 16.9. The number of carbonyl (C=O) groups excluding carboxylic acids is 1. The second-order valence-corrected chi connectivity index (χ2v) is 6.56. The van der Waals surface area contributed by atoms with E-state index >= 15 is 0 Å². The average molecular weight is 420 g/mol. The van der Waals surface area contributed by atoms with E-state index in [0.717, 1.165) is 18.4 Å². The van der Waals surface area contributed by atoms with E-state index in [1.807, 2.05) is 6.92 Å². The Hall–Kier alpha value is -3.13. The number of methoxy groups -OCH3 is 1. The summed E-state index contributed by atoms with van der Waals surface area (Å²) in [5.41, 5.74) is 3.34. The second-order valence-electron chi connectivity index (χ2n) is 6.13. The smallest absolute Gasteiger partial charge is 0.315 e. The lowest BCUT2D eigenvalue weighted by Crippen LogP contribution is -2.19. The first kappa shape index (κ1) is 22.2. The van der Waals surface area contributed by atoms with Gasteiger partial charge < -0.3 is 9.47 Å². The van der Waals surface area contributed by atoms with Gasteiger partial charge in [0.15, 0.2) is 5.75 Å². The van der Waals surface area contributed by atoms with Crippen molar-refractivity contribution in [1.82, 2.24) is 5.43 Å². The number of nitro groups is 1. The monoisotopic (exact) mass is 419 g/mol. The van der Waals surface area contributed by atoms with Gasteiger partial charge in [-0.05, 0) is 30.2 Å². The third-order valence-corrected chi connectivity index (χ3v) is 4.15. The van der Waals surface area contributed by atoms with E-state index < -0.39 is 4.92 Å². The zero-order chi connectivity index (χ0) is 21.2.